The van der Waals surface area contributed by atoms with E-state index < -0.39 is 0 Å². The van der Waals surface area contributed by atoms with Gasteiger partial charge < -0.3 is 0 Å². The van der Waals surface area contributed by atoms with Crippen LogP contribution in [0.15, 0.2) is 33.9 Å². The Morgan fingerprint density at radius 3 is 2.55 bits per heavy atom. The molecule has 1 rings (SSSR count). The molecule has 0 saturated heterocycles. The highest BCUT2D eigenvalue weighted by Gasteiger charge is 2.16. The van der Waals surface area contributed by atoms with Crippen molar-refractivity contribution in [2.75, 3.05) is 0 Å². The Morgan fingerprint density at radius 2 is 2.00 bits per heavy atom. The Bertz CT molecular complexity index is 256. The number of rotatable bonds is 0. The van der Waals surface area contributed by atoms with E-state index in [1.165, 1.54) is 21.2 Å². The number of hydrogen-bond acceptors (Lipinski definition) is 0. The van der Waals surface area contributed by atoms with Crippen molar-refractivity contribution in [2.45, 2.75) is 20.8 Å². The Kier molecular flexibility index (Phi) is 2.38. The van der Waals surface area contributed by atoms with Crippen LogP contribution in [0.1, 0.15) is 20.8 Å². The summed E-state index contributed by atoms with van der Waals surface area (Å²) in [6.45, 7) is 10.4. The summed E-state index contributed by atoms with van der Waals surface area (Å²) >= 11 is 3.56. The normalized spacial score (nSPS) is 25.6. The van der Waals surface area contributed by atoms with Crippen LogP contribution in [0.4, 0.5) is 0 Å². The molecule has 0 nitrogen and oxygen atoms in total. The van der Waals surface area contributed by atoms with Crippen LogP contribution < -0.4 is 0 Å². The second-order valence-corrected chi connectivity index (χ2v) is 3.91. The molecule has 0 aromatic heterocycles. The molecule has 0 saturated carbocycles. The standard InChI is InChI=1S/C10H13Br/c1-6-5-7(2)10(11)9(4)8(6)3/h5,8H,1H2,2-4H3. The molecule has 0 amide bonds. The summed E-state index contributed by atoms with van der Waals surface area (Å²) in [5, 5.41) is 0. The Labute approximate surface area is 76.8 Å². The first-order valence-electron chi connectivity index (χ1n) is 3.77. The zero-order chi connectivity index (χ0) is 8.59. The van der Waals surface area contributed by atoms with Gasteiger partial charge in [-0.3, -0.25) is 0 Å². The molecular weight excluding hydrogens is 200 g/mol. The highest BCUT2D eigenvalue weighted by Crippen LogP contribution is 2.34. The quantitative estimate of drug-likeness (QED) is 0.574. The van der Waals surface area contributed by atoms with Gasteiger partial charge in [-0.05, 0) is 25.0 Å². The van der Waals surface area contributed by atoms with Crippen molar-refractivity contribution in [2.24, 2.45) is 5.92 Å². The SMILES string of the molecule is C=C1C=C(C)C(Br)=C(C)C1C. The van der Waals surface area contributed by atoms with E-state index in [9.17, 15) is 0 Å². The average molecular weight is 213 g/mol. The van der Waals surface area contributed by atoms with Crippen molar-refractivity contribution in [3.63, 3.8) is 0 Å². The first-order chi connectivity index (χ1) is 5.04. The third-order valence-electron chi connectivity index (χ3n) is 2.30. The van der Waals surface area contributed by atoms with E-state index in [1.54, 1.807) is 0 Å². The fourth-order valence-corrected chi connectivity index (χ4v) is 1.70. The minimum absolute atomic E-state index is 0.494. The third kappa shape index (κ3) is 1.48. The molecule has 0 aromatic carbocycles. The van der Waals surface area contributed by atoms with Crippen LogP contribution in [-0.2, 0) is 0 Å². The van der Waals surface area contributed by atoms with Crippen LogP contribution in [0.25, 0.3) is 0 Å². The van der Waals surface area contributed by atoms with Crippen LogP contribution in [0.5, 0.6) is 0 Å². The maximum atomic E-state index is 4.00. The van der Waals surface area contributed by atoms with Crippen molar-refractivity contribution in [3.05, 3.63) is 33.9 Å². The molecule has 0 bridgehead atoms. The molecular formula is C10H13Br. The summed E-state index contributed by atoms with van der Waals surface area (Å²) < 4.78 is 1.25. The Balaban J connectivity index is 3.12. The van der Waals surface area contributed by atoms with Crippen LogP contribution in [-0.4, -0.2) is 0 Å². The van der Waals surface area contributed by atoms with Gasteiger partial charge in [0, 0.05) is 10.4 Å². The van der Waals surface area contributed by atoms with E-state index in [4.69, 9.17) is 0 Å². The molecule has 0 fully saturated rings. The molecule has 0 heterocycles. The Hall–Kier alpha value is -0.300. The van der Waals surface area contributed by atoms with Gasteiger partial charge in [0.25, 0.3) is 0 Å². The zero-order valence-corrected chi connectivity index (χ0v) is 8.83. The molecule has 1 aliphatic carbocycles. The highest BCUT2D eigenvalue weighted by molar-refractivity contribution is 9.12. The van der Waals surface area contributed by atoms with Crippen molar-refractivity contribution in [1.29, 1.82) is 0 Å². The lowest BCUT2D eigenvalue weighted by Gasteiger charge is -2.21. The van der Waals surface area contributed by atoms with Gasteiger partial charge in [0.15, 0.2) is 0 Å². The fourth-order valence-electron chi connectivity index (χ4n) is 1.25. The lowest BCUT2D eigenvalue weighted by molar-refractivity contribution is 0.810. The summed E-state index contributed by atoms with van der Waals surface area (Å²) in [5.41, 5.74) is 3.88. The molecule has 0 aliphatic heterocycles. The van der Waals surface area contributed by atoms with Crippen molar-refractivity contribution in [1.82, 2.24) is 0 Å². The summed E-state index contributed by atoms with van der Waals surface area (Å²) in [6.07, 6.45) is 2.14. The lowest BCUT2D eigenvalue weighted by atomic mass is 9.88. The summed E-state index contributed by atoms with van der Waals surface area (Å²) in [5.74, 6) is 0.494. The Morgan fingerprint density at radius 1 is 1.45 bits per heavy atom. The van der Waals surface area contributed by atoms with Crippen LogP contribution in [0.2, 0.25) is 0 Å². The first-order valence-corrected chi connectivity index (χ1v) is 4.57. The molecule has 0 N–H and O–H groups in total. The van der Waals surface area contributed by atoms with Gasteiger partial charge in [0.1, 0.15) is 0 Å². The monoisotopic (exact) mass is 212 g/mol. The van der Waals surface area contributed by atoms with E-state index in [2.05, 4.69) is 49.4 Å². The topological polar surface area (TPSA) is 0 Å². The van der Waals surface area contributed by atoms with Gasteiger partial charge in [0.2, 0.25) is 0 Å². The lowest BCUT2D eigenvalue weighted by Crippen LogP contribution is -2.05. The largest absolute Gasteiger partial charge is 0.0952 e. The van der Waals surface area contributed by atoms with Crippen molar-refractivity contribution in [3.8, 4) is 0 Å². The molecule has 11 heavy (non-hydrogen) atoms. The van der Waals surface area contributed by atoms with Gasteiger partial charge in [-0.25, -0.2) is 0 Å². The summed E-state index contributed by atoms with van der Waals surface area (Å²) in [6, 6.07) is 0. The van der Waals surface area contributed by atoms with Crippen molar-refractivity contribution >= 4 is 15.9 Å². The number of hydrogen-bond donors (Lipinski definition) is 0. The van der Waals surface area contributed by atoms with Gasteiger partial charge >= 0.3 is 0 Å². The van der Waals surface area contributed by atoms with E-state index >= 15 is 0 Å². The molecule has 60 valence electrons. The second kappa shape index (κ2) is 2.98. The molecule has 1 aliphatic rings. The van der Waals surface area contributed by atoms with Crippen LogP contribution in [0, 0.1) is 5.92 Å². The van der Waals surface area contributed by atoms with E-state index in [1.807, 2.05) is 0 Å². The minimum atomic E-state index is 0.494. The summed E-state index contributed by atoms with van der Waals surface area (Å²) in [4.78, 5) is 0. The maximum absolute atomic E-state index is 4.00. The van der Waals surface area contributed by atoms with Crippen LogP contribution >= 0.6 is 15.9 Å². The highest BCUT2D eigenvalue weighted by atomic mass is 79.9. The molecule has 1 heteroatoms. The predicted molar refractivity (Wildman–Crippen MR) is 53.7 cm³/mol. The predicted octanol–water partition coefficient (Wildman–Crippen LogP) is 3.81. The molecule has 0 aromatic rings. The first kappa shape index (κ1) is 8.79. The van der Waals surface area contributed by atoms with E-state index in [0.717, 1.165) is 0 Å². The number of allylic oxidation sites excluding steroid dienone is 5. The second-order valence-electron chi connectivity index (χ2n) is 3.12. The summed E-state index contributed by atoms with van der Waals surface area (Å²) in [7, 11) is 0. The maximum Gasteiger partial charge on any atom is 0.0199 e. The third-order valence-corrected chi connectivity index (χ3v) is 3.55. The fraction of sp³-hybridized carbons (Fsp3) is 0.400. The molecule has 1 unspecified atom stereocenters. The number of halogens is 1. The minimum Gasteiger partial charge on any atom is -0.0952 e. The van der Waals surface area contributed by atoms with Gasteiger partial charge in [-0.15, -0.1) is 0 Å². The molecule has 0 spiro atoms. The van der Waals surface area contributed by atoms with Crippen LogP contribution in [0.3, 0.4) is 0 Å². The van der Waals surface area contributed by atoms with Gasteiger partial charge in [-0.1, -0.05) is 41.1 Å². The molecule has 0 radical (unpaired) electrons. The zero-order valence-electron chi connectivity index (χ0n) is 7.24. The average Bonchev–Trinajstić information content (AvgIpc) is 1.97. The smallest absolute Gasteiger partial charge is 0.0199 e. The van der Waals surface area contributed by atoms with Gasteiger partial charge in [-0.2, -0.15) is 0 Å². The van der Waals surface area contributed by atoms with E-state index in [0.29, 0.717) is 5.92 Å². The van der Waals surface area contributed by atoms with Crippen molar-refractivity contribution < 1.29 is 0 Å². The molecule has 1 atom stereocenters. The van der Waals surface area contributed by atoms with Gasteiger partial charge in [0.05, 0.1) is 0 Å². The van der Waals surface area contributed by atoms with E-state index in [-0.39, 0.29) is 0 Å².